The van der Waals surface area contributed by atoms with Crippen LogP contribution in [0.25, 0.3) is 0 Å². The Balaban J connectivity index is 1.85. The summed E-state index contributed by atoms with van der Waals surface area (Å²) in [5.41, 5.74) is 0.901. The van der Waals surface area contributed by atoms with Gasteiger partial charge in [0.15, 0.2) is 0 Å². The number of carboxylic acid groups (broad SMARTS) is 3. The molecule has 0 saturated carbocycles. The molecule has 0 fully saturated rings. The second-order valence-electron chi connectivity index (χ2n) is 11.8. The fourth-order valence-corrected chi connectivity index (χ4v) is 6.74. The maximum atomic E-state index is 13.8. The lowest BCUT2D eigenvalue weighted by Gasteiger charge is -2.48. The third-order valence-corrected chi connectivity index (χ3v) is 8.99. The minimum absolute atomic E-state index is 0.0390. The van der Waals surface area contributed by atoms with Crippen LogP contribution in [-0.2, 0) is 14.3 Å². The van der Waals surface area contributed by atoms with Crippen molar-refractivity contribution in [3.8, 4) is 0 Å². The summed E-state index contributed by atoms with van der Waals surface area (Å²) in [6.45, 7) is 4.27. The van der Waals surface area contributed by atoms with E-state index in [-0.39, 0.29) is 30.1 Å². The molecule has 0 saturated heterocycles. The van der Waals surface area contributed by atoms with Gasteiger partial charge >= 0.3 is 17.9 Å². The number of ether oxygens (including phenoxy) is 1. The lowest BCUT2D eigenvalue weighted by atomic mass is 9.59. The molecule has 1 heterocycles. The smallest absolute Gasteiger partial charge is 0.335 e. The molecule has 4 N–H and O–H groups in total. The number of hydrogen-bond acceptors (Lipinski definition) is 5. The normalized spacial score (nSPS) is 19.7. The zero-order valence-corrected chi connectivity index (χ0v) is 25.9. The van der Waals surface area contributed by atoms with Crippen LogP contribution in [0.15, 0.2) is 96.2 Å². The standard InChI is InChI=1S/C37H43NO7/c1-3-4-5-12-22-45-24-31-37(36(43)44,21-20-30(26-14-8-6-9-15-26)27-16-10-7-11-17-27)33(32(35(41)42)25(2)38-31)28-18-13-19-29(23-28)34(39)40/h6-11,13-19,23,30-31,33,38H,3-5,12,20-22,24H2,1-2H3,(H,39,40)(H,41,42)(H,43,44). The van der Waals surface area contributed by atoms with Crippen LogP contribution in [0.4, 0.5) is 0 Å². The van der Waals surface area contributed by atoms with E-state index in [0.29, 0.717) is 24.3 Å². The van der Waals surface area contributed by atoms with Gasteiger partial charge in [-0.2, -0.15) is 0 Å². The number of nitrogens with one attached hydrogen (secondary N) is 1. The molecule has 4 rings (SSSR count). The largest absolute Gasteiger partial charge is 0.481 e. The minimum atomic E-state index is -1.68. The van der Waals surface area contributed by atoms with E-state index >= 15 is 0 Å². The van der Waals surface area contributed by atoms with Gasteiger partial charge in [-0.3, -0.25) is 4.79 Å². The fourth-order valence-electron chi connectivity index (χ4n) is 6.74. The van der Waals surface area contributed by atoms with E-state index in [1.54, 1.807) is 13.0 Å². The van der Waals surface area contributed by atoms with Crippen molar-refractivity contribution in [1.29, 1.82) is 0 Å². The van der Waals surface area contributed by atoms with Gasteiger partial charge in [0.25, 0.3) is 0 Å². The van der Waals surface area contributed by atoms with Gasteiger partial charge in [0.2, 0.25) is 0 Å². The molecular formula is C37H43NO7. The van der Waals surface area contributed by atoms with Crippen LogP contribution in [0.5, 0.6) is 0 Å². The number of hydrogen-bond donors (Lipinski definition) is 4. The van der Waals surface area contributed by atoms with Crippen molar-refractivity contribution >= 4 is 17.9 Å². The van der Waals surface area contributed by atoms with Crippen molar-refractivity contribution in [1.82, 2.24) is 5.32 Å². The Labute approximate surface area is 264 Å². The first-order chi connectivity index (χ1) is 21.7. The molecule has 0 aliphatic carbocycles. The summed E-state index contributed by atoms with van der Waals surface area (Å²) in [5.74, 6) is -4.90. The van der Waals surface area contributed by atoms with Crippen molar-refractivity contribution in [2.45, 2.75) is 70.3 Å². The molecule has 3 aromatic rings. The van der Waals surface area contributed by atoms with Gasteiger partial charge in [0.05, 0.1) is 23.8 Å². The number of unbranched alkanes of at least 4 members (excludes halogenated alkanes) is 3. The van der Waals surface area contributed by atoms with E-state index in [1.165, 1.54) is 18.2 Å². The van der Waals surface area contributed by atoms with Crippen LogP contribution >= 0.6 is 0 Å². The van der Waals surface area contributed by atoms with Crippen LogP contribution in [0.2, 0.25) is 0 Å². The zero-order chi connectivity index (χ0) is 32.4. The molecule has 45 heavy (non-hydrogen) atoms. The molecule has 1 aliphatic rings. The number of rotatable bonds is 16. The third kappa shape index (κ3) is 7.63. The van der Waals surface area contributed by atoms with E-state index in [9.17, 15) is 29.7 Å². The highest BCUT2D eigenvalue weighted by atomic mass is 16.5. The first-order valence-electron chi connectivity index (χ1n) is 15.7. The first-order valence-corrected chi connectivity index (χ1v) is 15.7. The summed E-state index contributed by atoms with van der Waals surface area (Å²) in [6, 6.07) is 24.9. The van der Waals surface area contributed by atoms with Crippen LogP contribution in [-0.4, -0.2) is 52.5 Å². The lowest BCUT2D eigenvalue weighted by molar-refractivity contribution is -0.155. The third-order valence-electron chi connectivity index (χ3n) is 8.99. The Hall–Kier alpha value is -4.43. The molecule has 3 unspecified atom stereocenters. The monoisotopic (exact) mass is 613 g/mol. The molecule has 3 atom stereocenters. The highest BCUT2D eigenvalue weighted by molar-refractivity contribution is 5.94. The van der Waals surface area contributed by atoms with E-state index < -0.39 is 35.3 Å². The Morgan fingerprint density at radius 1 is 0.844 bits per heavy atom. The second kappa shape index (κ2) is 15.5. The van der Waals surface area contributed by atoms with E-state index in [0.717, 1.165) is 36.8 Å². The maximum Gasteiger partial charge on any atom is 0.335 e. The lowest BCUT2D eigenvalue weighted by Crippen LogP contribution is -2.59. The van der Waals surface area contributed by atoms with Crippen molar-refractivity contribution in [2.75, 3.05) is 13.2 Å². The molecule has 0 radical (unpaired) electrons. The summed E-state index contributed by atoms with van der Waals surface area (Å²) in [6.07, 6.45) is 4.49. The highest BCUT2D eigenvalue weighted by Crippen LogP contribution is 2.52. The molecule has 3 aromatic carbocycles. The number of aromatic carboxylic acids is 1. The number of carboxylic acids is 3. The van der Waals surface area contributed by atoms with Crippen molar-refractivity contribution in [2.24, 2.45) is 5.41 Å². The van der Waals surface area contributed by atoms with Gasteiger partial charge in [-0.15, -0.1) is 0 Å². The van der Waals surface area contributed by atoms with Gasteiger partial charge in [-0.1, -0.05) is 99.0 Å². The number of carbonyl (C=O) groups is 3. The number of aliphatic carboxylic acids is 2. The van der Waals surface area contributed by atoms with Crippen molar-refractivity contribution < 1.29 is 34.4 Å². The number of allylic oxidation sites excluding steroid dienone is 1. The quantitative estimate of drug-likeness (QED) is 0.126. The van der Waals surface area contributed by atoms with Gasteiger partial charge in [0.1, 0.15) is 5.41 Å². The van der Waals surface area contributed by atoms with Crippen LogP contribution in [0.3, 0.4) is 0 Å². The average Bonchev–Trinajstić information content (AvgIpc) is 3.04. The molecule has 8 nitrogen and oxygen atoms in total. The topological polar surface area (TPSA) is 133 Å². The molecule has 0 amide bonds. The predicted molar refractivity (Wildman–Crippen MR) is 172 cm³/mol. The molecular weight excluding hydrogens is 570 g/mol. The van der Waals surface area contributed by atoms with Crippen LogP contribution < -0.4 is 5.32 Å². The van der Waals surface area contributed by atoms with Crippen molar-refractivity contribution in [3.05, 3.63) is 118 Å². The summed E-state index contributed by atoms with van der Waals surface area (Å²) in [7, 11) is 0. The number of benzene rings is 3. The molecule has 0 bridgehead atoms. The van der Waals surface area contributed by atoms with E-state index in [1.807, 2.05) is 60.7 Å². The second-order valence-corrected chi connectivity index (χ2v) is 11.8. The fraction of sp³-hybridized carbons (Fsp3) is 0.378. The van der Waals surface area contributed by atoms with Gasteiger partial charge < -0.3 is 25.4 Å². The average molecular weight is 614 g/mol. The van der Waals surface area contributed by atoms with Crippen LogP contribution in [0, 0.1) is 5.41 Å². The van der Waals surface area contributed by atoms with Gasteiger partial charge in [-0.05, 0) is 55.0 Å². The van der Waals surface area contributed by atoms with E-state index in [4.69, 9.17) is 4.74 Å². The molecule has 8 heteroatoms. The summed E-state index contributed by atoms with van der Waals surface area (Å²) in [5, 5.41) is 34.8. The highest BCUT2D eigenvalue weighted by Gasteiger charge is 2.57. The molecule has 0 spiro atoms. The zero-order valence-electron chi connectivity index (χ0n) is 25.9. The summed E-state index contributed by atoms with van der Waals surface area (Å²) < 4.78 is 6.10. The summed E-state index contributed by atoms with van der Waals surface area (Å²) >= 11 is 0. The SMILES string of the molecule is CCCCCCOCC1NC(C)=C(C(=O)O)C(c2cccc(C(=O)O)c2)C1(CCC(c1ccccc1)c1ccccc1)C(=O)O. The van der Waals surface area contributed by atoms with Gasteiger partial charge in [-0.25, -0.2) is 9.59 Å². The molecule has 0 aromatic heterocycles. The van der Waals surface area contributed by atoms with E-state index in [2.05, 4.69) is 12.2 Å². The Bertz CT molecular complexity index is 1450. The van der Waals surface area contributed by atoms with Crippen molar-refractivity contribution in [3.63, 3.8) is 0 Å². The Morgan fingerprint density at radius 2 is 1.49 bits per heavy atom. The van der Waals surface area contributed by atoms with Gasteiger partial charge in [0, 0.05) is 24.1 Å². The maximum absolute atomic E-state index is 13.8. The Kier molecular flexibility index (Phi) is 11.5. The Morgan fingerprint density at radius 3 is 2.04 bits per heavy atom. The summed E-state index contributed by atoms with van der Waals surface area (Å²) in [4.78, 5) is 38.7. The first kappa shape index (κ1) is 33.5. The molecule has 238 valence electrons. The minimum Gasteiger partial charge on any atom is -0.481 e. The van der Waals surface area contributed by atoms with Crippen LogP contribution in [0.1, 0.15) is 91.3 Å². The molecule has 1 aliphatic heterocycles. The predicted octanol–water partition coefficient (Wildman–Crippen LogP) is 7.08.